The highest BCUT2D eigenvalue weighted by Crippen LogP contribution is 2.40. The van der Waals surface area contributed by atoms with Gasteiger partial charge in [0.15, 0.2) is 16.3 Å². The van der Waals surface area contributed by atoms with Gasteiger partial charge in [0.25, 0.3) is 5.56 Å². The fourth-order valence-corrected chi connectivity index (χ4v) is 5.83. The Kier molecular flexibility index (Phi) is 8.97. The highest BCUT2D eigenvalue weighted by molar-refractivity contribution is 9.10. The summed E-state index contributed by atoms with van der Waals surface area (Å²) in [5.41, 5.74) is 2.00. The Morgan fingerprint density at radius 2 is 1.82 bits per heavy atom. The number of halogens is 1. The third kappa shape index (κ3) is 5.96. The molecule has 1 aromatic heterocycles. The van der Waals surface area contributed by atoms with Gasteiger partial charge in [-0.2, -0.15) is 0 Å². The first-order valence-corrected chi connectivity index (χ1v) is 14.1. The number of aromatic nitrogens is 1. The number of nitrogens with zero attached hydrogens (tertiary/aromatic N) is 2. The lowest BCUT2D eigenvalue weighted by atomic mass is 9.95. The van der Waals surface area contributed by atoms with E-state index in [0.717, 1.165) is 11.3 Å². The van der Waals surface area contributed by atoms with Crippen LogP contribution in [0.5, 0.6) is 17.2 Å². The first-order valence-electron chi connectivity index (χ1n) is 12.5. The summed E-state index contributed by atoms with van der Waals surface area (Å²) in [6.07, 6.45) is 1.82. The van der Waals surface area contributed by atoms with Crippen LogP contribution in [-0.2, 0) is 9.53 Å². The first-order chi connectivity index (χ1) is 18.7. The van der Waals surface area contributed by atoms with Gasteiger partial charge in [-0.25, -0.2) is 9.79 Å². The Morgan fingerprint density at radius 3 is 2.44 bits per heavy atom. The fraction of sp³-hybridized carbons (Fsp3) is 0.345. The molecule has 1 atom stereocenters. The van der Waals surface area contributed by atoms with Crippen molar-refractivity contribution in [2.45, 2.75) is 33.7 Å². The molecule has 10 heteroatoms. The van der Waals surface area contributed by atoms with Gasteiger partial charge in [0, 0.05) is 4.47 Å². The van der Waals surface area contributed by atoms with E-state index in [0.29, 0.717) is 49.1 Å². The Hall–Kier alpha value is -3.37. The molecule has 8 nitrogen and oxygen atoms in total. The van der Waals surface area contributed by atoms with Crippen LogP contribution in [0.4, 0.5) is 0 Å². The van der Waals surface area contributed by atoms with Gasteiger partial charge < -0.3 is 18.9 Å². The molecule has 39 heavy (non-hydrogen) atoms. The van der Waals surface area contributed by atoms with E-state index in [2.05, 4.69) is 34.8 Å². The van der Waals surface area contributed by atoms with Crippen LogP contribution < -0.4 is 29.1 Å². The van der Waals surface area contributed by atoms with Gasteiger partial charge in [-0.15, -0.1) is 0 Å². The van der Waals surface area contributed by atoms with E-state index in [1.807, 2.05) is 30.3 Å². The molecule has 0 N–H and O–H groups in total. The number of methoxy groups -OCH3 is 2. The smallest absolute Gasteiger partial charge is 0.338 e. The van der Waals surface area contributed by atoms with Gasteiger partial charge in [0.2, 0.25) is 0 Å². The molecule has 0 saturated heterocycles. The summed E-state index contributed by atoms with van der Waals surface area (Å²) in [6.45, 7) is 8.50. The minimum Gasteiger partial charge on any atom is -0.493 e. The summed E-state index contributed by atoms with van der Waals surface area (Å²) in [4.78, 5) is 32.2. The Balaban J connectivity index is 1.88. The molecule has 2 heterocycles. The van der Waals surface area contributed by atoms with Gasteiger partial charge in [-0.05, 0) is 61.2 Å². The lowest BCUT2D eigenvalue weighted by Crippen LogP contribution is -2.40. The third-order valence-electron chi connectivity index (χ3n) is 6.08. The Morgan fingerprint density at radius 1 is 1.15 bits per heavy atom. The Bertz CT molecular complexity index is 1590. The molecule has 1 aliphatic heterocycles. The van der Waals surface area contributed by atoms with Crippen molar-refractivity contribution in [3.63, 3.8) is 0 Å². The summed E-state index contributed by atoms with van der Waals surface area (Å²) in [5, 5.41) is 0. The number of hydrogen-bond acceptors (Lipinski definition) is 8. The van der Waals surface area contributed by atoms with Crippen LogP contribution in [0.15, 0.2) is 61.9 Å². The standard InChI is InChI=1S/C29H31BrN2O6S/c1-7-37-28(34)25-17(4)31-29-32(26(25)20-13-22(35-5)23(36-6)14-21(20)30)27(33)24(39-29)12-18-8-10-19(11-9-18)38-15-16(2)3/h8-14,16,26H,7,15H2,1-6H3/b24-12+/t26-/m0/s1. The van der Waals surface area contributed by atoms with Crippen molar-refractivity contribution in [3.05, 3.63) is 83.0 Å². The maximum absolute atomic E-state index is 13.9. The molecule has 0 saturated carbocycles. The zero-order chi connectivity index (χ0) is 28.3. The molecular weight excluding hydrogens is 584 g/mol. The van der Waals surface area contributed by atoms with Crippen molar-refractivity contribution >= 4 is 39.3 Å². The fourth-order valence-electron chi connectivity index (χ4n) is 4.24. The number of carbonyl (C=O) groups excluding carboxylic acids is 1. The van der Waals surface area contributed by atoms with E-state index in [4.69, 9.17) is 18.9 Å². The van der Waals surface area contributed by atoms with Crippen molar-refractivity contribution in [1.82, 2.24) is 4.57 Å². The third-order valence-corrected chi connectivity index (χ3v) is 7.75. The summed E-state index contributed by atoms with van der Waals surface area (Å²) < 4.78 is 24.8. The quantitative estimate of drug-likeness (QED) is 0.327. The van der Waals surface area contributed by atoms with Crippen molar-refractivity contribution in [2.75, 3.05) is 27.4 Å². The van der Waals surface area contributed by atoms with E-state index in [-0.39, 0.29) is 17.7 Å². The monoisotopic (exact) mass is 614 g/mol. The number of benzene rings is 2. The highest BCUT2D eigenvalue weighted by atomic mass is 79.9. The van der Waals surface area contributed by atoms with E-state index in [1.54, 1.807) is 37.7 Å². The lowest BCUT2D eigenvalue weighted by Gasteiger charge is -2.26. The molecule has 0 fully saturated rings. The van der Waals surface area contributed by atoms with Crippen LogP contribution in [0.2, 0.25) is 0 Å². The number of carbonyl (C=O) groups is 1. The maximum atomic E-state index is 13.9. The van der Waals surface area contributed by atoms with Crippen LogP contribution in [0.25, 0.3) is 6.08 Å². The molecular formula is C29H31BrN2O6S. The molecule has 0 bridgehead atoms. The minimum absolute atomic E-state index is 0.191. The second-order valence-electron chi connectivity index (χ2n) is 9.30. The van der Waals surface area contributed by atoms with Gasteiger partial charge in [0.1, 0.15) is 5.75 Å². The van der Waals surface area contributed by atoms with Gasteiger partial charge in [-0.3, -0.25) is 9.36 Å². The average molecular weight is 616 g/mol. The molecule has 0 radical (unpaired) electrons. The predicted octanol–water partition coefficient (Wildman–Crippen LogP) is 4.61. The molecule has 0 amide bonds. The van der Waals surface area contributed by atoms with Crippen LogP contribution in [0, 0.1) is 5.92 Å². The second-order valence-corrected chi connectivity index (χ2v) is 11.2. The average Bonchev–Trinajstić information content (AvgIpc) is 3.21. The summed E-state index contributed by atoms with van der Waals surface area (Å²) in [6, 6.07) is 10.3. The van der Waals surface area contributed by atoms with E-state index in [1.165, 1.54) is 18.4 Å². The number of thiazole rings is 1. The summed E-state index contributed by atoms with van der Waals surface area (Å²) in [5.74, 6) is 1.65. The van der Waals surface area contributed by atoms with Gasteiger partial charge >= 0.3 is 5.97 Å². The number of allylic oxidation sites excluding steroid dienone is 1. The number of esters is 1. The predicted molar refractivity (Wildman–Crippen MR) is 154 cm³/mol. The summed E-state index contributed by atoms with van der Waals surface area (Å²) >= 11 is 4.88. The highest BCUT2D eigenvalue weighted by Gasteiger charge is 2.35. The van der Waals surface area contributed by atoms with Crippen LogP contribution in [0.1, 0.15) is 44.9 Å². The van der Waals surface area contributed by atoms with E-state index >= 15 is 0 Å². The molecule has 3 aromatic rings. The van der Waals surface area contributed by atoms with Crippen molar-refractivity contribution in [3.8, 4) is 17.2 Å². The van der Waals surface area contributed by atoms with E-state index in [9.17, 15) is 9.59 Å². The topological polar surface area (TPSA) is 88.4 Å². The largest absolute Gasteiger partial charge is 0.493 e. The van der Waals surface area contributed by atoms with Gasteiger partial charge in [-0.1, -0.05) is 53.2 Å². The number of hydrogen-bond donors (Lipinski definition) is 0. The molecule has 2 aromatic carbocycles. The molecule has 0 unspecified atom stereocenters. The molecule has 206 valence electrons. The normalized spacial score (nSPS) is 15.2. The zero-order valence-electron chi connectivity index (χ0n) is 22.7. The van der Waals surface area contributed by atoms with Gasteiger partial charge in [0.05, 0.1) is 49.3 Å². The molecule has 0 aliphatic carbocycles. The van der Waals surface area contributed by atoms with E-state index < -0.39 is 12.0 Å². The van der Waals surface area contributed by atoms with Crippen molar-refractivity contribution < 1.29 is 23.7 Å². The van der Waals surface area contributed by atoms with Crippen molar-refractivity contribution in [1.29, 1.82) is 0 Å². The SMILES string of the molecule is CCOC(=O)C1=C(C)N=c2s/c(=C/c3ccc(OCC(C)C)cc3)c(=O)n2[C@H]1c1cc(OC)c(OC)cc1Br. The Labute approximate surface area is 239 Å². The number of rotatable bonds is 9. The summed E-state index contributed by atoms with van der Waals surface area (Å²) in [7, 11) is 3.08. The van der Waals surface area contributed by atoms with Crippen LogP contribution in [0.3, 0.4) is 0 Å². The molecule has 1 aliphatic rings. The number of fused-ring (bicyclic) bond motifs is 1. The van der Waals surface area contributed by atoms with Crippen LogP contribution in [-0.4, -0.2) is 38.0 Å². The zero-order valence-corrected chi connectivity index (χ0v) is 25.1. The minimum atomic E-state index is -0.788. The molecule has 4 rings (SSSR count). The number of ether oxygens (including phenoxy) is 4. The second kappa shape index (κ2) is 12.2. The molecule has 0 spiro atoms. The first kappa shape index (κ1) is 28.6. The van der Waals surface area contributed by atoms with Crippen molar-refractivity contribution in [2.24, 2.45) is 10.9 Å². The van der Waals surface area contributed by atoms with Crippen LogP contribution >= 0.6 is 27.3 Å². The maximum Gasteiger partial charge on any atom is 0.338 e. The lowest BCUT2D eigenvalue weighted by molar-refractivity contribution is -0.139.